The van der Waals surface area contributed by atoms with Crippen molar-refractivity contribution in [1.29, 1.82) is 0 Å². The van der Waals surface area contributed by atoms with Crippen LogP contribution in [0.5, 0.6) is 0 Å². The number of aliphatic hydroxyl groups is 1. The van der Waals surface area contributed by atoms with Crippen molar-refractivity contribution in [2.75, 3.05) is 4.43 Å². The molecule has 0 aliphatic heterocycles. The van der Waals surface area contributed by atoms with Gasteiger partial charge in [0.25, 0.3) is 0 Å². The fraction of sp³-hybridized carbons (Fsp3) is 0.926. The fourth-order valence-electron chi connectivity index (χ4n) is 8.52. The normalized spacial score (nSPS) is 43.1. The Labute approximate surface area is 194 Å². The molecular weight excluding hydrogens is 467 g/mol. The standard InChI is InChI=1S/C27H45IO/c1-17(2)6-5-7-18(3)25-10-11-26-24-14-19(16-28)23-15-20(29)8-9-21(23)22(24)12-13-27(25,26)4/h17-20,22,24-26,29H,5-16H2,1-4H3/t18-,19?,20+,22-,24-,25-,26+,27-/m1/s1. The zero-order valence-electron chi connectivity index (χ0n) is 19.4. The van der Waals surface area contributed by atoms with Gasteiger partial charge in [0, 0.05) is 4.43 Å². The molecule has 0 aromatic rings. The molecule has 4 aliphatic rings. The van der Waals surface area contributed by atoms with Crippen molar-refractivity contribution in [2.24, 2.45) is 46.8 Å². The lowest BCUT2D eigenvalue weighted by atomic mass is 9.51. The number of allylic oxidation sites excluding steroid dienone is 1. The van der Waals surface area contributed by atoms with E-state index >= 15 is 0 Å². The average Bonchev–Trinajstić information content (AvgIpc) is 3.04. The van der Waals surface area contributed by atoms with E-state index in [4.69, 9.17) is 0 Å². The van der Waals surface area contributed by atoms with Gasteiger partial charge in [0.05, 0.1) is 6.10 Å². The number of halogens is 1. The molecule has 8 atom stereocenters. The third-order valence-corrected chi connectivity index (χ3v) is 11.0. The summed E-state index contributed by atoms with van der Waals surface area (Å²) < 4.78 is 1.25. The first kappa shape index (κ1) is 22.6. The zero-order chi connectivity index (χ0) is 20.8. The third-order valence-electron chi connectivity index (χ3n) is 9.94. The molecule has 1 nitrogen and oxygen atoms in total. The van der Waals surface area contributed by atoms with Crippen molar-refractivity contribution >= 4 is 22.6 Å². The average molecular weight is 513 g/mol. The van der Waals surface area contributed by atoms with Gasteiger partial charge in [0.1, 0.15) is 0 Å². The molecule has 29 heavy (non-hydrogen) atoms. The summed E-state index contributed by atoms with van der Waals surface area (Å²) >= 11 is 2.63. The molecule has 0 aromatic heterocycles. The zero-order valence-corrected chi connectivity index (χ0v) is 21.6. The van der Waals surface area contributed by atoms with Gasteiger partial charge in [-0.3, -0.25) is 0 Å². The van der Waals surface area contributed by atoms with Gasteiger partial charge in [-0.15, -0.1) is 0 Å². The van der Waals surface area contributed by atoms with E-state index in [9.17, 15) is 5.11 Å². The van der Waals surface area contributed by atoms with E-state index in [1.807, 2.05) is 5.57 Å². The number of alkyl halides is 1. The Balaban J connectivity index is 1.51. The number of rotatable bonds is 6. The molecule has 0 spiro atoms. The van der Waals surface area contributed by atoms with Crippen molar-refractivity contribution in [3.63, 3.8) is 0 Å². The number of hydrogen-bond donors (Lipinski definition) is 1. The smallest absolute Gasteiger partial charge is 0.0580 e. The van der Waals surface area contributed by atoms with Gasteiger partial charge < -0.3 is 5.11 Å². The van der Waals surface area contributed by atoms with E-state index in [1.165, 1.54) is 62.2 Å². The molecule has 0 aromatic carbocycles. The van der Waals surface area contributed by atoms with Gasteiger partial charge in [0.2, 0.25) is 0 Å². The minimum atomic E-state index is -0.0628. The van der Waals surface area contributed by atoms with E-state index in [0.717, 1.165) is 54.3 Å². The summed E-state index contributed by atoms with van der Waals surface area (Å²) in [5.74, 6) is 6.25. The minimum Gasteiger partial charge on any atom is -0.393 e. The van der Waals surface area contributed by atoms with Crippen LogP contribution in [0.1, 0.15) is 98.3 Å². The molecule has 4 aliphatic carbocycles. The molecule has 4 rings (SSSR count). The van der Waals surface area contributed by atoms with Crippen molar-refractivity contribution in [3.8, 4) is 0 Å². The Bertz CT molecular complexity index is 610. The molecule has 1 unspecified atom stereocenters. The first-order valence-electron chi connectivity index (χ1n) is 12.8. The maximum Gasteiger partial charge on any atom is 0.0580 e. The van der Waals surface area contributed by atoms with Crippen molar-refractivity contribution in [1.82, 2.24) is 0 Å². The van der Waals surface area contributed by atoms with Gasteiger partial charge in [-0.1, -0.05) is 80.7 Å². The highest BCUT2D eigenvalue weighted by Crippen LogP contribution is 2.65. The SMILES string of the molecule is CC(C)CCC[C@@H](C)[C@H]1CC[C@H]2[C@@H]3CC(CI)C4=C(CC[C@H](O)C4)[C@H]3CC[C@]12C. The van der Waals surface area contributed by atoms with Crippen LogP contribution in [0.15, 0.2) is 11.1 Å². The van der Waals surface area contributed by atoms with Crippen molar-refractivity contribution in [2.45, 2.75) is 104 Å². The Hall–Kier alpha value is 0.430. The monoisotopic (exact) mass is 512 g/mol. The summed E-state index contributed by atoms with van der Waals surface area (Å²) in [5.41, 5.74) is 4.14. The van der Waals surface area contributed by atoms with Crippen LogP contribution in [0.25, 0.3) is 0 Å². The van der Waals surface area contributed by atoms with Crippen LogP contribution >= 0.6 is 22.6 Å². The Kier molecular flexibility index (Phi) is 7.11. The molecule has 2 fully saturated rings. The van der Waals surface area contributed by atoms with Gasteiger partial charge in [0.15, 0.2) is 0 Å². The quantitative estimate of drug-likeness (QED) is 0.219. The molecule has 0 saturated heterocycles. The van der Waals surface area contributed by atoms with Gasteiger partial charge >= 0.3 is 0 Å². The van der Waals surface area contributed by atoms with Crippen molar-refractivity contribution < 1.29 is 5.11 Å². The summed E-state index contributed by atoms with van der Waals surface area (Å²) in [6.07, 6.45) is 14.7. The van der Waals surface area contributed by atoms with Crippen LogP contribution in [0.2, 0.25) is 0 Å². The highest BCUT2D eigenvalue weighted by atomic mass is 127. The summed E-state index contributed by atoms with van der Waals surface area (Å²) in [6, 6.07) is 0. The lowest BCUT2D eigenvalue weighted by Crippen LogP contribution is -2.46. The predicted molar refractivity (Wildman–Crippen MR) is 132 cm³/mol. The van der Waals surface area contributed by atoms with Crippen LogP contribution < -0.4 is 0 Å². The van der Waals surface area contributed by atoms with Crippen LogP contribution in [0, 0.1) is 46.8 Å². The largest absolute Gasteiger partial charge is 0.393 e. The van der Waals surface area contributed by atoms with Crippen LogP contribution in [-0.4, -0.2) is 15.6 Å². The summed E-state index contributed by atoms with van der Waals surface area (Å²) in [5, 5.41) is 10.3. The van der Waals surface area contributed by atoms with E-state index in [-0.39, 0.29) is 6.10 Å². The Morgan fingerprint density at radius 2 is 1.86 bits per heavy atom. The van der Waals surface area contributed by atoms with Crippen molar-refractivity contribution in [3.05, 3.63) is 11.1 Å². The second-order valence-electron chi connectivity index (χ2n) is 11.9. The van der Waals surface area contributed by atoms with Gasteiger partial charge in [-0.25, -0.2) is 0 Å². The Morgan fingerprint density at radius 3 is 2.59 bits per heavy atom. The maximum absolute atomic E-state index is 10.3. The molecule has 0 bridgehead atoms. The van der Waals surface area contributed by atoms with Crippen LogP contribution in [0.4, 0.5) is 0 Å². The topological polar surface area (TPSA) is 20.2 Å². The maximum atomic E-state index is 10.3. The van der Waals surface area contributed by atoms with Crippen LogP contribution in [-0.2, 0) is 0 Å². The lowest BCUT2D eigenvalue weighted by Gasteiger charge is -2.54. The highest BCUT2D eigenvalue weighted by molar-refractivity contribution is 14.1. The van der Waals surface area contributed by atoms with E-state index in [2.05, 4.69) is 50.3 Å². The van der Waals surface area contributed by atoms with Crippen LogP contribution in [0.3, 0.4) is 0 Å². The third kappa shape index (κ3) is 4.24. The Morgan fingerprint density at radius 1 is 1.07 bits per heavy atom. The molecule has 1 N–H and O–H groups in total. The fourth-order valence-corrected chi connectivity index (χ4v) is 9.41. The molecular formula is C27H45IO. The highest BCUT2D eigenvalue weighted by Gasteiger charge is 2.56. The van der Waals surface area contributed by atoms with E-state index in [1.54, 1.807) is 5.57 Å². The minimum absolute atomic E-state index is 0.0628. The number of hydrogen-bond acceptors (Lipinski definition) is 1. The molecule has 2 heteroatoms. The first-order valence-corrected chi connectivity index (χ1v) is 14.3. The molecule has 166 valence electrons. The number of aliphatic hydroxyl groups excluding tert-OH is 1. The summed E-state index contributed by atoms with van der Waals surface area (Å²) in [4.78, 5) is 0. The molecule has 0 radical (unpaired) electrons. The molecule has 0 amide bonds. The first-order chi connectivity index (χ1) is 13.8. The van der Waals surface area contributed by atoms with E-state index < -0.39 is 0 Å². The summed E-state index contributed by atoms with van der Waals surface area (Å²) in [6.45, 7) is 10.0. The summed E-state index contributed by atoms with van der Waals surface area (Å²) in [7, 11) is 0. The predicted octanol–water partition coefficient (Wildman–Crippen LogP) is 7.80. The molecule has 0 heterocycles. The molecule has 2 saturated carbocycles. The van der Waals surface area contributed by atoms with Gasteiger partial charge in [-0.2, -0.15) is 0 Å². The van der Waals surface area contributed by atoms with E-state index in [0.29, 0.717) is 5.41 Å². The lowest BCUT2D eigenvalue weighted by molar-refractivity contribution is -0.0106. The van der Waals surface area contributed by atoms with Gasteiger partial charge in [-0.05, 0) is 98.2 Å². The second kappa shape index (κ2) is 9.12. The number of fused-ring (bicyclic) bond motifs is 4. The second-order valence-corrected chi connectivity index (χ2v) is 12.8.